The molecular formula is C27H36N6O4. The van der Waals surface area contributed by atoms with E-state index in [1.807, 2.05) is 24.3 Å². The zero-order valence-corrected chi connectivity index (χ0v) is 22.0. The SMILES string of the molecule is COc1cc(OC)c(CNc2nc(C(=O)NCCCN3CCN(C)CC3)nc3ccccc23)c(OC)c1. The van der Waals surface area contributed by atoms with Crippen LogP contribution in [0.1, 0.15) is 22.6 Å². The number of ether oxygens (including phenoxy) is 3. The molecule has 0 saturated carbocycles. The van der Waals surface area contributed by atoms with E-state index in [2.05, 4.69) is 37.4 Å². The van der Waals surface area contributed by atoms with E-state index >= 15 is 0 Å². The van der Waals surface area contributed by atoms with Crippen LogP contribution in [0.15, 0.2) is 36.4 Å². The Labute approximate surface area is 217 Å². The van der Waals surface area contributed by atoms with E-state index in [9.17, 15) is 4.79 Å². The molecule has 1 aliphatic heterocycles. The summed E-state index contributed by atoms with van der Waals surface area (Å²) in [5.74, 6) is 2.30. The first-order valence-electron chi connectivity index (χ1n) is 12.5. The van der Waals surface area contributed by atoms with Gasteiger partial charge in [0.25, 0.3) is 5.91 Å². The summed E-state index contributed by atoms with van der Waals surface area (Å²) >= 11 is 0. The van der Waals surface area contributed by atoms with Gasteiger partial charge in [-0.15, -0.1) is 0 Å². The number of fused-ring (bicyclic) bond motifs is 1. The number of aromatic nitrogens is 2. The van der Waals surface area contributed by atoms with Crippen LogP contribution in [0.2, 0.25) is 0 Å². The topological polar surface area (TPSA) is 101 Å². The Morgan fingerprint density at radius 3 is 2.35 bits per heavy atom. The van der Waals surface area contributed by atoms with Crippen LogP contribution in [-0.4, -0.2) is 93.3 Å². The number of amides is 1. The second-order valence-electron chi connectivity index (χ2n) is 9.03. The molecule has 0 aliphatic carbocycles. The molecule has 37 heavy (non-hydrogen) atoms. The normalized spacial score (nSPS) is 14.4. The van der Waals surface area contributed by atoms with Crippen LogP contribution in [0, 0.1) is 0 Å². The van der Waals surface area contributed by atoms with Crippen molar-refractivity contribution in [3.8, 4) is 17.2 Å². The van der Waals surface area contributed by atoms with E-state index in [1.54, 1.807) is 33.5 Å². The minimum atomic E-state index is -0.285. The largest absolute Gasteiger partial charge is 0.496 e. The van der Waals surface area contributed by atoms with Gasteiger partial charge in [-0.05, 0) is 32.1 Å². The number of methoxy groups -OCH3 is 3. The molecule has 3 aromatic rings. The van der Waals surface area contributed by atoms with Crippen LogP contribution in [0.5, 0.6) is 17.2 Å². The number of likely N-dealkylation sites (N-methyl/N-ethyl adjacent to an activating group) is 1. The van der Waals surface area contributed by atoms with Crippen LogP contribution in [0.4, 0.5) is 5.82 Å². The second kappa shape index (κ2) is 12.6. The molecule has 10 heteroatoms. The quantitative estimate of drug-likeness (QED) is 0.379. The number of anilines is 1. The fourth-order valence-electron chi connectivity index (χ4n) is 4.39. The number of hydrogen-bond acceptors (Lipinski definition) is 9. The number of carbonyl (C=O) groups excluding carboxylic acids is 1. The van der Waals surface area contributed by atoms with Gasteiger partial charge in [-0.3, -0.25) is 4.79 Å². The van der Waals surface area contributed by atoms with Crippen molar-refractivity contribution >= 4 is 22.6 Å². The number of carbonyl (C=O) groups is 1. The van der Waals surface area contributed by atoms with Gasteiger partial charge in [0.2, 0.25) is 5.82 Å². The van der Waals surface area contributed by atoms with Crippen LogP contribution in [0.3, 0.4) is 0 Å². The van der Waals surface area contributed by atoms with Crippen molar-refractivity contribution in [3.63, 3.8) is 0 Å². The number of benzene rings is 2. The summed E-state index contributed by atoms with van der Waals surface area (Å²) in [7, 11) is 6.94. The molecule has 2 N–H and O–H groups in total. The Hall–Kier alpha value is -3.63. The zero-order valence-electron chi connectivity index (χ0n) is 22.0. The average Bonchev–Trinajstić information content (AvgIpc) is 2.94. The Morgan fingerprint density at radius 2 is 1.68 bits per heavy atom. The van der Waals surface area contributed by atoms with E-state index < -0.39 is 0 Å². The summed E-state index contributed by atoms with van der Waals surface area (Å²) in [6.45, 7) is 6.20. The Morgan fingerprint density at radius 1 is 0.973 bits per heavy atom. The molecule has 4 rings (SSSR count). The summed E-state index contributed by atoms with van der Waals surface area (Å²) in [5.41, 5.74) is 1.50. The van der Waals surface area contributed by atoms with Gasteiger partial charge in [0.1, 0.15) is 23.1 Å². The molecule has 1 saturated heterocycles. The van der Waals surface area contributed by atoms with Crippen molar-refractivity contribution in [1.29, 1.82) is 0 Å². The Kier molecular flexibility index (Phi) is 8.97. The minimum absolute atomic E-state index is 0.134. The lowest BCUT2D eigenvalue weighted by molar-refractivity contribution is 0.0939. The Bertz CT molecular complexity index is 1190. The first kappa shape index (κ1) is 26.4. The van der Waals surface area contributed by atoms with Gasteiger partial charge >= 0.3 is 0 Å². The third-order valence-electron chi connectivity index (χ3n) is 6.59. The maximum atomic E-state index is 12.9. The number of nitrogens with zero attached hydrogens (tertiary/aromatic N) is 4. The van der Waals surface area contributed by atoms with Gasteiger partial charge in [-0.2, -0.15) is 0 Å². The molecule has 0 spiro atoms. The van der Waals surface area contributed by atoms with Crippen LogP contribution >= 0.6 is 0 Å². The second-order valence-corrected chi connectivity index (χ2v) is 9.03. The molecule has 2 heterocycles. The van der Waals surface area contributed by atoms with Gasteiger partial charge in [0, 0.05) is 56.8 Å². The smallest absolute Gasteiger partial charge is 0.289 e. The summed E-state index contributed by atoms with van der Waals surface area (Å²) in [6, 6.07) is 11.2. The van der Waals surface area contributed by atoms with Crippen molar-refractivity contribution in [3.05, 3.63) is 47.8 Å². The number of rotatable bonds is 11. The highest BCUT2D eigenvalue weighted by Crippen LogP contribution is 2.35. The predicted octanol–water partition coefficient (Wildman–Crippen LogP) is 2.64. The monoisotopic (exact) mass is 508 g/mol. The average molecular weight is 509 g/mol. The fraction of sp³-hybridized carbons (Fsp3) is 0.444. The standard InChI is InChI=1S/C27H36N6O4/c1-32-12-14-33(15-13-32)11-7-10-28-27(34)26-30-22-9-6-5-8-20(22)25(31-26)29-18-21-23(36-3)16-19(35-2)17-24(21)37-4/h5-6,8-9,16-17H,7,10-15,18H2,1-4H3,(H,28,34)(H,29,30,31). The summed E-state index contributed by atoms with van der Waals surface area (Å²) in [4.78, 5) is 26.8. The van der Waals surface area contributed by atoms with Crippen molar-refractivity contribution in [2.75, 3.05) is 73.0 Å². The molecule has 1 aromatic heterocycles. The summed E-state index contributed by atoms with van der Waals surface area (Å²) in [6.07, 6.45) is 0.880. The summed E-state index contributed by atoms with van der Waals surface area (Å²) < 4.78 is 16.5. The molecule has 2 aromatic carbocycles. The van der Waals surface area contributed by atoms with Gasteiger partial charge < -0.3 is 34.6 Å². The molecule has 1 amide bonds. The highest BCUT2D eigenvalue weighted by atomic mass is 16.5. The number of nitrogens with one attached hydrogen (secondary N) is 2. The zero-order chi connectivity index (χ0) is 26.2. The van der Waals surface area contributed by atoms with Crippen LogP contribution in [-0.2, 0) is 6.54 Å². The first-order valence-corrected chi connectivity index (χ1v) is 12.5. The van der Waals surface area contributed by atoms with Crippen LogP contribution in [0.25, 0.3) is 10.9 Å². The third kappa shape index (κ3) is 6.58. The van der Waals surface area contributed by atoms with Crippen molar-refractivity contribution in [2.45, 2.75) is 13.0 Å². The van der Waals surface area contributed by atoms with Crippen molar-refractivity contribution < 1.29 is 19.0 Å². The highest BCUT2D eigenvalue weighted by Gasteiger charge is 2.18. The van der Waals surface area contributed by atoms with Gasteiger partial charge in [-0.1, -0.05) is 12.1 Å². The number of piperazine rings is 1. The molecule has 0 unspecified atom stereocenters. The molecule has 0 atom stereocenters. The number of hydrogen-bond donors (Lipinski definition) is 2. The first-order chi connectivity index (χ1) is 18.0. The lowest BCUT2D eigenvalue weighted by atomic mass is 10.1. The van der Waals surface area contributed by atoms with Crippen LogP contribution < -0.4 is 24.8 Å². The maximum absolute atomic E-state index is 12.9. The van der Waals surface area contributed by atoms with Gasteiger partial charge in [0.05, 0.1) is 32.4 Å². The van der Waals surface area contributed by atoms with Crippen molar-refractivity contribution in [1.82, 2.24) is 25.1 Å². The van der Waals surface area contributed by atoms with E-state index in [-0.39, 0.29) is 11.7 Å². The van der Waals surface area contributed by atoms with Gasteiger partial charge in [-0.25, -0.2) is 9.97 Å². The van der Waals surface area contributed by atoms with E-state index in [0.29, 0.717) is 41.7 Å². The highest BCUT2D eigenvalue weighted by molar-refractivity contribution is 5.96. The molecule has 198 valence electrons. The summed E-state index contributed by atoms with van der Waals surface area (Å²) in [5, 5.41) is 7.16. The minimum Gasteiger partial charge on any atom is -0.496 e. The van der Waals surface area contributed by atoms with Crippen molar-refractivity contribution in [2.24, 2.45) is 0 Å². The molecule has 0 bridgehead atoms. The molecule has 1 fully saturated rings. The fourth-order valence-corrected chi connectivity index (χ4v) is 4.39. The maximum Gasteiger partial charge on any atom is 0.289 e. The lowest BCUT2D eigenvalue weighted by Gasteiger charge is -2.32. The number of para-hydroxylation sites is 1. The third-order valence-corrected chi connectivity index (χ3v) is 6.59. The molecule has 0 radical (unpaired) electrons. The van der Waals surface area contributed by atoms with E-state index in [1.165, 1.54) is 0 Å². The van der Waals surface area contributed by atoms with E-state index in [0.717, 1.165) is 50.1 Å². The van der Waals surface area contributed by atoms with Gasteiger partial charge in [0.15, 0.2) is 0 Å². The lowest BCUT2D eigenvalue weighted by Crippen LogP contribution is -2.45. The molecule has 1 aliphatic rings. The Balaban J connectivity index is 1.46. The van der Waals surface area contributed by atoms with E-state index in [4.69, 9.17) is 14.2 Å². The molecule has 10 nitrogen and oxygen atoms in total. The predicted molar refractivity (Wildman–Crippen MR) is 144 cm³/mol. The molecular weight excluding hydrogens is 472 g/mol.